The second kappa shape index (κ2) is 5.27. The van der Waals surface area contributed by atoms with Gasteiger partial charge >= 0.3 is 0 Å². The van der Waals surface area contributed by atoms with E-state index in [9.17, 15) is 0 Å². The summed E-state index contributed by atoms with van der Waals surface area (Å²) in [5.74, 6) is 0.956. The number of piperazine rings is 1. The fourth-order valence-corrected chi connectivity index (χ4v) is 4.24. The number of rotatable bonds is 1. The Morgan fingerprint density at radius 1 is 0.824 bits per heavy atom. The van der Waals surface area contributed by atoms with Gasteiger partial charge in [-0.15, -0.1) is 0 Å². The molecule has 0 amide bonds. The topological polar surface area (TPSA) is 24.1 Å². The molecule has 1 spiro atoms. The van der Waals surface area contributed by atoms with Crippen LogP contribution in [-0.2, 0) is 0 Å². The van der Waals surface area contributed by atoms with E-state index in [1.165, 1.54) is 77.3 Å². The molecule has 1 unspecified atom stereocenters. The summed E-state index contributed by atoms with van der Waals surface area (Å²) in [5.41, 5.74) is 0.476. The van der Waals surface area contributed by atoms with E-state index in [4.69, 9.17) is 0 Å². The first-order valence-electron chi connectivity index (χ1n) is 7.86. The molecule has 1 aliphatic heterocycles. The minimum Gasteiger partial charge on any atom is -0.311 e. The Hall–Kier alpha value is -0.0800. The van der Waals surface area contributed by atoms with Gasteiger partial charge in [0.25, 0.3) is 0 Å². The summed E-state index contributed by atoms with van der Waals surface area (Å²) in [6.07, 6.45) is 14.5. The van der Waals surface area contributed by atoms with Crippen molar-refractivity contribution >= 4 is 0 Å². The number of nitrogens with one attached hydrogen (secondary N) is 2. The molecule has 3 aliphatic rings. The molecular weight excluding hydrogens is 208 g/mol. The van der Waals surface area contributed by atoms with Gasteiger partial charge in [-0.2, -0.15) is 0 Å². The van der Waals surface area contributed by atoms with Crippen LogP contribution in [0.4, 0.5) is 0 Å². The third-order valence-electron chi connectivity index (χ3n) is 5.43. The van der Waals surface area contributed by atoms with Crippen molar-refractivity contribution in [3.8, 4) is 0 Å². The molecule has 3 rings (SSSR count). The molecule has 0 aromatic carbocycles. The van der Waals surface area contributed by atoms with E-state index in [1.54, 1.807) is 0 Å². The molecule has 2 aliphatic carbocycles. The van der Waals surface area contributed by atoms with Crippen LogP contribution >= 0.6 is 0 Å². The smallest absolute Gasteiger partial charge is 0.0307 e. The van der Waals surface area contributed by atoms with Crippen molar-refractivity contribution in [1.82, 2.24) is 10.6 Å². The van der Waals surface area contributed by atoms with Gasteiger partial charge in [0.2, 0.25) is 0 Å². The molecule has 17 heavy (non-hydrogen) atoms. The van der Waals surface area contributed by atoms with Gasteiger partial charge in [-0.05, 0) is 31.6 Å². The van der Waals surface area contributed by atoms with Gasteiger partial charge in [0, 0.05) is 24.7 Å². The standard InChI is InChI=1S/C15H28N2/c1-3-7-13(8-4-1)14-11-17-15(12-16-14)9-5-2-6-10-15/h13-14,16-17H,1-12H2. The fourth-order valence-electron chi connectivity index (χ4n) is 4.24. The van der Waals surface area contributed by atoms with Crippen LogP contribution in [0.15, 0.2) is 0 Å². The first-order chi connectivity index (χ1) is 8.38. The monoisotopic (exact) mass is 236 g/mol. The first-order valence-corrected chi connectivity index (χ1v) is 7.86. The third-order valence-corrected chi connectivity index (χ3v) is 5.43. The number of hydrogen-bond acceptors (Lipinski definition) is 2. The Balaban J connectivity index is 1.52. The van der Waals surface area contributed by atoms with Crippen molar-refractivity contribution in [2.75, 3.05) is 13.1 Å². The zero-order valence-corrected chi connectivity index (χ0v) is 11.1. The summed E-state index contributed by atoms with van der Waals surface area (Å²) < 4.78 is 0. The maximum Gasteiger partial charge on any atom is 0.0307 e. The molecule has 1 saturated heterocycles. The Kier molecular flexibility index (Phi) is 3.72. The van der Waals surface area contributed by atoms with E-state index in [2.05, 4.69) is 10.6 Å². The van der Waals surface area contributed by atoms with E-state index >= 15 is 0 Å². The molecule has 2 nitrogen and oxygen atoms in total. The summed E-state index contributed by atoms with van der Waals surface area (Å²) >= 11 is 0. The quantitative estimate of drug-likeness (QED) is 0.731. The van der Waals surface area contributed by atoms with Crippen molar-refractivity contribution in [3.05, 3.63) is 0 Å². The van der Waals surface area contributed by atoms with E-state index < -0.39 is 0 Å². The van der Waals surface area contributed by atoms with Crippen molar-refractivity contribution < 1.29 is 0 Å². The molecule has 1 heterocycles. The minimum absolute atomic E-state index is 0.476. The highest BCUT2D eigenvalue weighted by Gasteiger charge is 2.37. The normalized spacial score (nSPS) is 34.9. The van der Waals surface area contributed by atoms with Gasteiger partial charge in [0.15, 0.2) is 0 Å². The fraction of sp³-hybridized carbons (Fsp3) is 1.00. The lowest BCUT2D eigenvalue weighted by Gasteiger charge is -2.46. The second-order valence-electron chi connectivity index (χ2n) is 6.61. The van der Waals surface area contributed by atoms with Crippen LogP contribution in [0, 0.1) is 5.92 Å². The van der Waals surface area contributed by atoms with Gasteiger partial charge < -0.3 is 10.6 Å². The van der Waals surface area contributed by atoms with E-state index in [1.807, 2.05) is 0 Å². The Morgan fingerprint density at radius 2 is 1.53 bits per heavy atom. The Morgan fingerprint density at radius 3 is 2.18 bits per heavy atom. The molecule has 0 radical (unpaired) electrons. The maximum absolute atomic E-state index is 3.92. The van der Waals surface area contributed by atoms with Crippen LogP contribution in [0.3, 0.4) is 0 Å². The van der Waals surface area contributed by atoms with E-state index in [0.29, 0.717) is 5.54 Å². The highest BCUT2D eigenvalue weighted by molar-refractivity contribution is 4.99. The van der Waals surface area contributed by atoms with Crippen LogP contribution < -0.4 is 10.6 Å². The average molecular weight is 236 g/mol. The molecule has 1 atom stereocenters. The zero-order valence-electron chi connectivity index (χ0n) is 11.1. The molecule has 0 aromatic heterocycles. The highest BCUT2D eigenvalue weighted by Crippen LogP contribution is 2.32. The molecule has 2 N–H and O–H groups in total. The van der Waals surface area contributed by atoms with Crippen molar-refractivity contribution in [3.63, 3.8) is 0 Å². The summed E-state index contributed by atoms with van der Waals surface area (Å²) in [4.78, 5) is 0. The summed E-state index contributed by atoms with van der Waals surface area (Å²) in [6.45, 7) is 2.46. The third kappa shape index (κ3) is 2.68. The van der Waals surface area contributed by atoms with Crippen LogP contribution in [-0.4, -0.2) is 24.7 Å². The Bertz CT molecular complexity index is 229. The highest BCUT2D eigenvalue weighted by atomic mass is 15.1. The lowest BCUT2D eigenvalue weighted by molar-refractivity contribution is 0.140. The second-order valence-corrected chi connectivity index (χ2v) is 6.61. The predicted molar refractivity (Wildman–Crippen MR) is 72.2 cm³/mol. The lowest BCUT2D eigenvalue weighted by atomic mass is 9.77. The Labute approximate surface area is 106 Å². The summed E-state index contributed by atoms with van der Waals surface area (Å²) in [7, 11) is 0. The molecule has 98 valence electrons. The minimum atomic E-state index is 0.476. The van der Waals surface area contributed by atoms with Gasteiger partial charge in [0.05, 0.1) is 0 Å². The molecule has 2 saturated carbocycles. The van der Waals surface area contributed by atoms with E-state index in [-0.39, 0.29) is 0 Å². The van der Waals surface area contributed by atoms with Gasteiger partial charge in [-0.3, -0.25) is 0 Å². The predicted octanol–water partition coefficient (Wildman–Crippen LogP) is 2.83. The molecule has 2 heteroatoms. The van der Waals surface area contributed by atoms with Crippen molar-refractivity contribution in [2.24, 2.45) is 5.92 Å². The van der Waals surface area contributed by atoms with Gasteiger partial charge in [-0.25, -0.2) is 0 Å². The van der Waals surface area contributed by atoms with Crippen molar-refractivity contribution in [2.45, 2.75) is 75.8 Å². The SMILES string of the molecule is C1CCC(C2CNC3(CCCCC3)CN2)CC1. The van der Waals surface area contributed by atoms with Crippen molar-refractivity contribution in [1.29, 1.82) is 0 Å². The van der Waals surface area contributed by atoms with Gasteiger partial charge in [0.1, 0.15) is 0 Å². The molecule has 3 fully saturated rings. The van der Waals surface area contributed by atoms with Gasteiger partial charge in [-0.1, -0.05) is 38.5 Å². The summed E-state index contributed by atoms with van der Waals surface area (Å²) in [5, 5.41) is 7.81. The molecule has 0 aromatic rings. The molecule has 0 bridgehead atoms. The largest absolute Gasteiger partial charge is 0.311 e. The molecular formula is C15H28N2. The van der Waals surface area contributed by atoms with Crippen LogP contribution in [0.25, 0.3) is 0 Å². The summed E-state index contributed by atoms with van der Waals surface area (Å²) in [6, 6.07) is 0.767. The van der Waals surface area contributed by atoms with Crippen LogP contribution in [0.5, 0.6) is 0 Å². The van der Waals surface area contributed by atoms with E-state index in [0.717, 1.165) is 12.0 Å². The van der Waals surface area contributed by atoms with Crippen LogP contribution in [0.2, 0.25) is 0 Å². The van der Waals surface area contributed by atoms with Crippen LogP contribution in [0.1, 0.15) is 64.2 Å². The average Bonchev–Trinajstić information content (AvgIpc) is 2.42. The first kappa shape index (κ1) is 12.0. The zero-order chi connectivity index (χ0) is 11.6. The lowest BCUT2D eigenvalue weighted by Crippen LogP contribution is -2.65. The maximum atomic E-state index is 3.92. The number of hydrogen-bond donors (Lipinski definition) is 2.